The van der Waals surface area contributed by atoms with Gasteiger partial charge in [-0.2, -0.15) is 0 Å². The van der Waals surface area contributed by atoms with Crippen molar-refractivity contribution in [3.63, 3.8) is 0 Å². The Labute approximate surface area is 277 Å². The number of nitrogens with zero attached hydrogens (tertiary/aromatic N) is 2. The highest BCUT2D eigenvalue weighted by molar-refractivity contribution is 7.25. The molecule has 220 valence electrons. The average molecular weight is 617 g/mol. The molecule has 9 aromatic rings. The molecular weight excluding hydrogens is 589 g/mol. The van der Waals surface area contributed by atoms with E-state index in [4.69, 9.17) is 9.97 Å². The van der Waals surface area contributed by atoms with Gasteiger partial charge in [0.1, 0.15) is 4.83 Å². The van der Waals surface area contributed by atoms with Crippen LogP contribution in [0.2, 0.25) is 0 Å². The zero-order valence-corrected chi connectivity index (χ0v) is 26.3. The highest BCUT2D eigenvalue weighted by atomic mass is 32.1. The third kappa shape index (κ3) is 4.98. The van der Waals surface area contributed by atoms with Crippen LogP contribution in [0.5, 0.6) is 0 Å². The van der Waals surface area contributed by atoms with Gasteiger partial charge >= 0.3 is 0 Å². The molecule has 3 heteroatoms. The monoisotopic (exact) mass is 616 g/mol. The van der Waals surface area contributed by atoms with Gasteiger partial charge in [0.05, 0.1) is 5.69 Å². The summed E-state index contributed by atoms with van der Waals surface area (Å²) in [5, 5.41) is 4.80. The Hall–Kier alpha value is -5.90. The Bertz CT molecular complexity index is 2550. The van der Waals surface area contributed by atoms with Crippen LogP contribution in [0.25, 0.3) is 87.1 Å². The van der Waals surface area contributed by atoms with Crippen LogP contribution in [-0.4, -0.2) is 9.97 Å². The summed E-state index contributed by atoms with van der Waals surface area (Å²) < 4.78 is 1.22. The van der Waals surface area contributed by atoms with Gasteiger partial charge in [-0.1, -0.05) is 152 Å². The van der Waals surface area contributed by atoms with E-state index in [1.54, 1.807) is 11.3 Å². The fourth-order valence-corrected chi connectivity index (χ4v) is 7.66. The Morgan fingerprint density at radius 2 is 0.894 bits per heavy atom. The van der Waals surface area contributed by atoms with Crippen molar-refractivity contribution in [2.24, 2.45) is 0 Å². The third-order valence-electron chi connectivity index (χ3n) is 8.91. The largest absolute Gasteiger partial charge is 0.227 e. The number of benzene rings is 7. The molecule has 0 fully saturated rings. The molecule has 0 bridgehead atoms. The number of thiophene rings is 1. The van der Waals surface area contributed by atoms with Crippen molar-refractivity contribution in [1.29, 1.82) is 0 Å². The molecule has 0 aliphatic carbocycles. The van der Waals surface area contributed by atoms with Crippen molar-refractivity contribution < 1.29 is 0 Å². The molecule has 0 aliphatic heterocycles. The van der Waals surface area contributed by atoms with Gasteiger partial charge in [-0.25, -0.2) is 9.97 Å². The Kier molecular flexibility index (Phi) is 6.69. The summed E-state index contributed by atoms with van der Waals surface area (Å²) in [6.45, 7) is 0. The first-order valence-electron chi connectivity index (χ1n) is 15.8. The van der Waals surface area contributed by atoms with E-state index in [1.165, 1.54) is 48.7 Å². The second-order valence-electron chi connectivity index (χ2n) is 11.8. The third-order valence-corrected chi connectivity index (χ3v) is 9.96. The molecule has 0 radical (unpaired) electrons. The summed E-state index contributed by atoms with van der Waals surface area (Å²) in [7, 11) is 0. The number of aromatic nitrogens is 2. The van der Waals surface area contributed by atoms with E-state index < -0.39 is 0 Å². The first-order chi connectivity index (χ1) is 23.3. The molecule has 0 N–H and O–H groups in total. The van der Waals surface area contributed by atoms with Gasteiger partial charge < -0.3 is 0 Å². The van der Waals surface area contributed by atoms with Gasteiger partial charge in [-0.15, -0.1) is 11.3 Å². The van der Waals surface area contributed by atoms with E-state index >= 15 is 0 Å². The van der Waals surface area contributed by atoms with Crippen molar-refractivity contribution in [1.82, 2.24) is 9.97 Å². The van der Waals surface area contributed by atoms with E-state index in [0.29, 0.717) is 0 Å². The van der Waals surface area contributed by atoms with E-state index in [9.17, 15) is 0 Å². The summed E-state index contributed by atoms with van der Waals surface area (Å²) >= 11 is 1.74. The Balaban J connectivity index is 1.19. The maximum atomic E-state index is 5.30. The van der Waals surface area contributed by atoms with Gasteiger partial charge in [0, 0.05) is 26.6 Å². The highest BCUT2D eigenvalue weighted by Gasteiger charge is 2.19. The molecule has 2 heterocycles. The first kappa shape index (κ1) is 27.4. The molecule has 0 saturated carbocycles. The van der Waals surface area contributed by atoms with Crippen molar-refractivity contribution in [2.45, 2.75) is 0 Å². The van der Waals surface area contributed by atoms with E-state index in [1.807, 2.05) is 18.2 Å². The summed E-state index contributed by atoms with van der Waals surface area (Å²) in [5.41, 5.74) is 10.2. The van der Waals surface area contributed by atoms with E-state index in [0.717, 1.165) is 38.4 Å². The lowest BCUT2D eigenvalue weighted by molar-refractivity contribution is 1.24. The van der Waals surface area contributed by atoms with Gasteiger partial charge in [0.2, 0.25) is 0 Å². The number of fused-ring (bicyclic) bond motifs is 5. The maximum Gasteiger partial charge on any atom is 0.161 e. The normalized spacial score (nSPS) is 11.4. The van der Waals surface area contributed by atoms with E-state index in [2.05, 4.69) is 152 Å². The van der Waals surface area contributed by atoms with Crippen LogP contribution in [0.15, 0.2) is 170 Å². The predicted molar refractivity (Wildman–Crippen MR) is 200 cm³/mol. The minimum atomic E-state index is 0.746. The molecule has 47 heavy (non-hydrogen) atoms. The van der Waals surface area contributed by atoms with Crippen LogP contribution >= 0.6 is 11.3 Å². The molecule has 0 amide bonds. The van der Waals surface area contributed by atoms with Gasteiger partial charge in [0.15, 0.2) is 5.82 Å². The van der Waals surface area contributed by atoms with Crippen molar-refractivity contribution in [2.75, 3.05) is 0 Å². The lowest BCUT2D eigenvalue weighted by Crippen LogP contribution is -1.94. The molecule has 2 aromatic heterocycles. The van der Waals surface area contributed by atoms with Crippen molar-refractivity contribution in [3.8, 4) is 56.0 Å². The lowest BCUT2D eigenvalue weighted by atomic mass is 9.95. The van der Waals surface area contributed by atoms with Gasteiger partial charge in [0.25, 0.3) is 0 Å². The summed E-state index contributed by atoms with van der Waals surface area (Å²) in [6, 6.07) is 60.3. The van der Waals surface area contributed by atoms with Gasteiger partial charge in [-0.05, 0) is 62.4 Å². The first-order valence-corrected chi connectivity index (χ1v) is 16.6. The molecule has 0 atom stereocenters. The Morgan fingerprint density at radius 3 is 1.62 bits per heavy atom. The Morgan fingerprint density at radius 1 is 0.362 bits per heavy atom. The fraction of sp³-hybridized carbons (Fsp3) is 0. The van der Waals surface area contributed by atoms with Crippen LogP contribution in [0.1, 0.15) is 0 Å². The van der Waals surface area contributed by atoms with Crippen LogP contribution in [0.3, 0.4) is 0 Å². The quantitative estimate of drug-likeness (QED) is 0.192. The predicted octanol–water partition coefficient (Wildman–Crippen LogP) is 12.3. The summed E-state index contributed by atoms with van der Waals surface area (Å²) in [5.74, 6) is 0.746. The average Bonchev–Trinajstić information content (AvgIpc) is 3.55. The molecule has 2 nitrogen and oxygen atoms in total. The summed E-state index contributed by atoms with van der Waals surface area (Å²) in [6.07, 6.45) is 0. The zero-order chi connectivity index (χ0) is 31.2. The maximum absolute atomic E-state index is 5.30. The van der Waals surface area contributed by atoms with Crippen LogP contribution in [0, 0.1) is 0 Å². The highest BCUT2D eigenvalue weighted by Crippen LogP contribution is 2.43. The van der Waals surface area contributed by atoms with Crippen LogP contribution < -0.4 is 0 Å². The molecule has 0 unspecified atom stereocenters. The minimum Gasteiger partial charge on any atom is -0.227 e. The number of hydrogen-bond donors (Lipinski definition) is 0. The lowest BCUT2D eigenvalue weighted by Gasteiger charge is -2.11. The second-order valence-corrected chi connectivity index (χ2v) is 12.8. The molecule has 7 aromatic carbocycles. The van der Waals surface area contributed by atoms with Crippen LogP contribution in [0.4, 0.5) is 0 Å². The SMILES string of the molecule is c1ccc(-c2ccc(-c3cccc(-c4cccc(-c5nc(-c6ccccc6)nc6sc7ccc8ccccc8c7c56)c4)c3)cc2)cc1. The van der Waals surface area contributed by atoms with Crippen LogP contribution in [-0.2, 0) is 0 Å². The molecule has 0 saturated heterocycles. The zero-order valence-electron chi connectivity index (χ0n) is 25.5. The standard InChI is InChI=1S/C44H28N2S/c1-3-11-29(12-4-1)30-21-23-31(24-22-30)34-16-9-17-35(27-34)36-18-10-19-37(28-36)42-41-40-38-20-8-7-13-32(38)25-26-39(40)47-44(41)46-43(45-42)33-14-5-2-6-15-33/h1-28H. The van der Waals surface area contributed by atoms with Gasteiger partial charge in [-0.3, -0.25) is 0 Å². The molecule has 0 spiro atoms. The number of rotatable bonds is 5. The number of hydrogen-bond acceptors (Lipinski definition) is 3. The fourth-order valence-electron chi connectivity index (χ4n) is 6.57. The molecular formula is C44H28N2S. The molecule has 9 rings (SSSR count). The minimum absolute atomic E-state index is 0.746. The topological polar surface area (TPSA) is 25.8 Å². The van der Waals surface area contributed by atoms with E-state index in [-0.39, 0.29) is 0 Å². The second kappa shape index (κ2) is 11.5. The van der Waals surface area contributed by atoms with Crippen molar-refractivity contribution in [3.05, 3.63) is 170 Å². The summed E-state index contributed by atoms with van der Waals surface area (Å²) in [4.78, 5) is 11.4. The molecule has 0 aliphatic rings. The smallest absolute Gasteiger partial charge is 0.161 e. The van der Waals surface area contributed by atoms with Crippen molar-refractivity contribution >= 4 is 42.4 Å².